The van der Waals surface area contributed by atoms with Gasteiger partial charge in [0.1, 0.15) is 5.75 Å². The van der Waals surface area contributed by atoms with Crippen molar-refractivity contribution in [2.75, 3.05) is 7.05 Å². The number of amides is 1. The number of nitrogens with zero attached hydrogens (tertiary/aromatic N) is 2. The first-order valence-corrected chi connectivity index (χ1v) is 13.2. The number of aromatic nitrogens is 1. The highest BCUT2D eigenvalue weighted by atomic mass is 32.2. The van der Waals surface area contributed by atoms with Crippen LogP contribution in [0.5, 0.6) is 5.75 Å². The van der Waals surface area contributed by atoms with Crippen LogP contribution < -0.4 is 4.74 Å². The number of hydrogen-bond donors (Lipinski definition) is 0. The van der Waals surface area contributed by atoms with Gasteiger partial charge in [-0.2, -0.15) is 0 Å². The van der Waals surface area contributed by atoms with Crippen LogP contribution in [0.2, 0.25) is 0 Å². The lowest BCUT2D eigenvalue weighted by Crippen LogP contribution is -2.17. The third kappa shape index (κ3) is 4.60. The van der Waals surface area contributed by atoms with Crippen LogP contribution in [0.25, 0.3) is 20.9 Å². The molecule has 0 fully saturated rings. The Labute approximate surface area is 206 Å². The standard InChI is InChI=1S/C26H20N2O5S2/c1-28-14-20-11-18(2-7-23(20)26(28)30)24-8-9-25(34-24)19-10-17(12-27-13-19)15-35(31,32)22-5-3-21(4-6-22)33-16-29/h2-13,16H,14-15H2,1H3. The molecule has 5 rings (SSSR count). The van der Waals surface area contributed by atoms with E-state index in [0.29, 0.717) is 18.6 Å². The number of fused-ring (bicyclic) bond motifs is 1. The second-order valence-corrected chi connectivity index (χ2v) is 11.3. The molecule has 35 heavy (non-hydrogen) atoms. The van der Waals surface area contributed by atoms with Crippen molar-refractivity contribution in [2.24, 2.45) is 0 Å². The second-order valence-electron chi connectivity index (χ2n) is 8.22. The SMILES string of the molecule is CN1Cc2cc(-c3ccc(-c4cncc(CS(=O)(=O)c5ccc(OC=O)cc5)c4)s3)ccc2C1=O. The minimum Gasteiger partial charge on any atom is -0.429 e. The third-order valence-corrected chi connectivity index (χ3v) is 8.67. The van der Waals surface area contributed by atoms with Gasteiger partial charge < -0.3 is 9.64 Å². The Morgan fingerprint density at radius 3 is 2.49 bits per heavy atom. The Bertz CT molecular complexity index is 1540. The van der Waals surface area contributed by atoms with Crippen molar-refractivity contribution in [3.63, 3.8) is 0 Å². The molecule has 0 saturated carbocycles. The number of ether oxygens (including phenoxy) is 1. The van der Waals surface area contributed by atoms with Crippen LogP contribution in [0.15, 0.2) is 78.0 Å². The molecule has 2 aromatic heterocycles. The maximum Gasteiger partial charge on any atom is 0.298 e. The fourth-order valence-corrected chi connectivity index (χ4v) is 6.35. The highest BCUT2D eigenvalue weighted by Crippen LogP contribution is 2.36. The molecule has 0 bridgehead atoms. The molecule has 1 aliphatic rings. The molecule has 2 aromatic carbocycles. The van der Waals surface area contributed by atoms with E-state index in [1.54, 1.807) is 35.7 Å². The summed E-state index contributed by atoms with van der Waals surface area (Å²) < 4.78 is 30.5. The number of benzene rings is 2. The van der Waals surface area contributed by atoms with Gasteiger partial charge in [-0.05, 0) is 71.3 Å². The van der Waals surface area contributed by atoms with Crippen LogP contribution in [-0.2, 0) is 26.9 Å². The van der Waals surface area contributed by atoms with Crippen LogP contribution >= 0.6 is 11.3 Å². The third-order valence-electron chi connectivity index (χ3n) is 5.78. The molecule has 3 heterocycles. The molecule has 0 spiro atoms. The molecule has 0 N–H and O–H groups in total. The van der Waals surface area contributed by atoms with Crippen LogP contribution in [0.3, 0.4) is 0 Å². The predicted molar refractivity (Wildman–Crippen MR) is 133 cm³/mol. The van der Waals surface area contributed by atoms with Crippen molar-refractivity contribution in [3.05, 3.63) is 89.7 Å². The average molecular weight is 505 g/mol. The quantitative estimate of drug-likeness (QED) is 0.342. The Hall–Kier alpha value is -3.82. The molecular formula is C26H20N2O5S2. The highest BCUT2D eigenvalue weighted by Gasteiger charge is 2.24. The topological polar surface area (TPSA) is 93.6 Å². The van der Waals surface area contributed by atoms with Gasteiger partial charge in [0.25, 0.3) is 12.4 Å². The highest BCUT2D eigenvalue weighted by molar-refractivity contribution is 7.90. The largest absolute Gasteiger partial charge is 0.429 e. The summed E-state index contributed by atoms with van der Waals surface area (Å²) in [6.07, 6.45) is 3.26. The number of hydrogen-bond acceptors (Lipinski definition) is 7. The molecule has 176 valence electrons. The lowest BCUT2D eigenvalue weighted by Gasteiger charge is -2.07. The number of sulfone groups is 1. The summed E-state index contributed by atoms with van der Waals surface area (Å²) in [5.74, 6) is 0.117. The van der Waals surface area contributed by atoms with Gasteiger partial charge >= 0.3 is 0 Å². The lowest BCUT2D eigenvalue weighted by atomic mass is 10.1. The molecule has 9 heteroatoms. The van der Waals surface area contributed by atoms with E-state index >= 15 is 0 Å². The van der Waals surface area contributed by atoms with Gasteiger partial charge in [-0.3, -0.25) is 14.6 Å². The normalized spacial score (nSPS) is 13.1. The fourth-order valence-electron chi connectivity index (χ4n) is 4.05. The summed E-state index contributed by atoms with van der Waals surface area (Å²) in [4.78, 5) is 30.7. The van der Waals surface area contributed by atoms with Gasteiger partial charge in [0.15, 0.2) is 9.84 Å². The minimum atomic E-state index is -3.61. The summed E-state index contributed by atoms with van der Waals surface area (Å²) in [5.41, 5.74) is 4.21. The number of thiophene rings is 1. The van der Waals surface area contributed by atoms with Gasteiger partial charge in [-0.1, -0.05) is 6.07 Å². The minimum absolute atomic E-state index is 0.0431. The van der Waals surface area contributed by atoms with Crippen molar-refractivity contribution in [2.45, 2.75) is 17.2 Å². The van der Waals surface area contributed by atoms with Crippen LogP contribution in [0, 0.1) is 0 Å². The summed E-state index contributed by atoms with van der Waals surface area (Å²) in [7, 11) is -1.81. The van der Waals surface area contributed by atoms with Gasteiger partial charge in [-0.15, -0.1) is 11.3 Å². The van der Waals surface area contributed by atoms with Crippen molar-refractivity contribution < 1.29 is 22.7 Å². The molecule has 0 atom stereocenters. The number of carbonyl (C=O) groups is 2. The predicted octanol–water partition coefficient (Wildman–Crippen LogP) is 4.57. The van der Waals surface area contributed by atoms with E-state index in [1.807, 2.05) is 30.3 Å². The summed E-state index contributed by atoms with van der Waals surface area (Å²) in [5, 5.41) is 0. The van der Waals surface area contributed by atoms with Gasteiger partial charge in [-0.25, -0.2) is 8.42 Å². The summed E-state index contributed by atoms with van der Waals surface area (Å²) in [6, 6.07) is 17.4. The second kappa shape index (κ2) is 9.09. The average Bonchev–Trinajstić information content (AvgIpc) is 3.44. The molecule has 0 unspecified atom stereocenters. The lowest BCUT2D eigenvalue weighted by molar-refractivity contribution is -0.120. The van der Waals surface area contributed by atoms with Crippen molar-refractivity contribution in [1.82, 2.24) is 9.88 Å². The Morgan fingerprint density at radius 2 is 1.74 bits per heavy atom. The zero-order valence-corrected chi connectivity index (χ0v) is 20.3. The Morgan fingerprint density at radius 1 is 1.00 bits per heavy atom. The Balaban J connectivity index is 1.37. The molecule has 7 nitrogen and oxygen atoms in total. The van der Waals surface area contributed by atoms with Gasteiger partial charge in [0.2, 0.25) is 0 Å². The molecular weight excluding hydrogens is 484 g/mol. The number of pyridine rings is 1. The van der Waals surface area contributed by atoms with E-state index < -0.39 is 9.84 Å². The number of rotatable bonds is 7. The fraction of sp³-hybridized carbons (Fsp3) is 0.115. The zero-order valence-electron chi connectivity index (χ0n) is 18.7. The van der Waals surface area contributed by atoms with E-state index in [-0.39, 0.29) is 22.3 Å². The Kier molecular flexibility index (Phi) is 5.96. The molecule has 0 radical (unpaired) electrons. The van der Waals surface area contributed by atoms with Crippen molar-refractivity contribution in [1.29, 1.82) is 0 Å². The summed E-state index contributed by atoms with van der Waals surface area (Å²) in [6.45, 7) is 0.897. The van der Waals surface area contributed by atoms with Crippen molar-refractivity contribution in [3.8, 4) is 26.6 Å². The van der Waals surface area contributed by atoms with E-state index in [4.69, 9.17) is 4.74 Å². The van der Waals surface area contributed by atoms with Crippen molar-refractivity contribution >= 4 is 33.6 Å². The summed E-state index contributed by atoms with van der Waals surface area (Å²) >= 11 is 1.59. The van der Waals surface area contributed by atoms with Gasteiger partial charge in [0.05, 0.1) is 10.6 Å². The molecule has 1 amide bonds. The van der Waals surface area contributed by atoms with Crippen LogP contribution in [-0.4, -0.2) is 37.7 Å². The molecule has 0 saturated heterocycles. The zero-order chi connectivity index (χ0) is 24.6. The first kappa shape index (κ1) is 22.9. The van der Waals surface area contributed by atoms with Gasteiger partial charge in [0, 0.05) is 46.9 Å². The maximum absolute atomic E-state index is 12.9. The van der Waals surface area contributed by atoms with Crippen LogP contribution in [0.4, 0.5) is 0 Å². The molecule has 0 aliphatic carbocycles. The molecule has 4 aromatic rings. The smallest absolute Gasteiger partial charge is 0.298 e. The first-order chi connectivity index (χ1) is 16.8. The van der Waals surface area contributed by atoms with E-state index in [9.17, 15) is 18.0 Å². The maximum atomic E-state index is 12.9. The molecule has 1 aliphatic heterocycles. The van der Waals surface area contributed by atoms with E-state index in [0.717, 1.165) is 32.0 Å². The van der Waals surface area contributed by atoms with Crippen LogP contribution in [0.1, 0.15) is 21.5 Å². The van der Waals surface area contributed by atoms with E-state index in [2.05, 4.69) is 11.1 Å². The monoisotopic (exact) mass is 504 g/mol. The van der Waals surface area contributed by atoms with E-state index in [1.165, 1.54) is 24.3 Å². The first-order valence-electron chi connectivity index (χ1n) is 10.7. The number of carbonyl (C=O) groups excluding carboxylic acids is 2.